The number of imide groups is 1. The van der Waals surface area contributed by atoms with Crippen LogP contribution in [0.1, 0.15) is 23.6 Å². The number of carbonyl (C=O) groups excluding carboxylic acids is 2. The molecule has 30 heavy (non-hydrogen) atoms. The maximum absolute atomic E-state index is 13.7. The van der Waals surface area contributed by atoms with Crippen molar-refractivity contribution in [3.63, 3.8) is 0 Å². The van der Waals surface area contributed by atoms with E-state index in [1.54, 1.807) is 24.3 Å². The lowest BCUT2D eigenvalue weighted by Crippen LogP contribution is -2.32. The molecule has 0 saturated heterocycles. The van der Waals surface area contributed by atoms with Gasteiger partial charge < -0.3 is 5.32 Å². The van der Waals surface area contributed by atoms with Crippen molar-refractivity contribution in [2.45, 2.75) is 20.3 Å². The monoisotopic (exact) mass is 400 g/mol. The van der Waals surface area contributed by atoms with E-state index in [1.165, 1.54) is 12.1 Å². The number of hydrogen-bond donors (Lipinski definition) is 1. The molecule has 0 spiro atoms. The second-order valence-corrected chi connectivity index (χ2v) is 7.22. The highest BCUT2D eigenvalue weighted by Gasteiger charge is 2.40. The van der Waals surface area contributed by atoms with Gasteiger partial charge in [0.1, 0.15) is 11.5 Å². The van der Waals surface area contributed by atoms with E-state index in [4.69, 9.17) is 0 Å². The number of aryl methyl sites for hydroxylation is 2. The Morgan fingerprint density at radius 2 is 1.60 bits per heavy atom. The normalized spacial score (nSPS) is 13.9. The highest BCUT2D eigenvalue weighted by Crippen LogP contribution is 2.34. The highest BCUT2D eigenvalue weighted by molar-refractivity contribution is 6.46. The van der Waals surface area contributed by atoms with Crippen LogP contribution in [0.3, 0.4) is 0 Å². The summed E-state index contributed by atoms with van der Waals surface area (Å²) in [5, 5.41) is 2.97. The predicted octanol–water partition coefficient (Wildman–Crippen LogP) is 5.09. The van der Waals surface area contributed by atoms with Gasteiger partial charge in [0.2, 0.25) is 0 Å². The van der Waals surface area contributed by atoms with Crippen LogP contribution in [0.4, 0.5) is 15.8 Å². The van der Waals surface area contributed by atoms with Crippen LogP contribution in [0, 0.1) is 12.7 Å². The third kappa shape index (κ3) is 3.62. The Labute approximate surface area is 174 Å². The predicted molar refractivity (Wildman–Crippen MR) is 116 cm³/mol. The van der Waals surface area contributed by atoms with Crippen LogP contribution in [0.5, 0.6) is 0 Å². The van der Waals surface area contributed by atoms with Gasteiger partial charge in [0.05, 0.1) is 11.3 Å². The molecular weight excluding hydrogens is 379 g/mol. The summed E-state index contributed by atoms with van der Waals surface area (Å²) < 4.78 is 13.7. The molecular formula is C25H21FN2O2. The fourth-order valence-corrected chi connectivity index (χ4v) is 3.46. The summed E-state index contributed by atoms with van der Waals surface area (Å²) in [7, 11) is 0. The number of amides is 2. The average molecular weight is 400 g/mol. The third-order valence-electron chi connectivity index (χ3n) is 5.12. The standard InChI is InChI=1S/C25H21FN2O2/c1-3-17-9-13-21(14-10-17)28-24(29)22(18-11-7-16(2)8-12-18)23(25(28)30)27-20-6-4-5-19(26)15-20/h4-15,27H,3H2,1-2H3. The fraction of sp³-hybridized carbons (Fsp3) is 0.120. The molecule has 0 fully saturated rings. The van der Waals surface area contributed by atoms with Gasteiger partial charge in [-0.25, -0.2) is 9.29 Å². The summed E-state index contributed by atoms with van der Waals surface area (Å²) >= 11 is 0. The molecule has 1 N–H and O–H groups in total. The molecule has 3 aromatic rings. The smallest absolute Gasteiger partial charge is 0.282 e. The highest BCUT2D eigenvalue weighted by atomic mass is 19.1. The number of rotatable bonds is 5. The number of nitrogens with one attached hydrogen (secondary N) is 1. The van der Waals surface area contributed by atoms with Crippen LogP contribution in [0.15, 0.2) is 78.5 Å². The Balaban J connectivity index is 1.80. The van der Waals surface area contributed by atoms with E-state index < -0.39 is 17.6 Å². The fourth-order valence-electron chi connectivity index (χ4n) is 3.46. The van der Waals surface area contributed by atoms with Crippen molar-refractivity contribution in [1.29, 1.82) is 0 Å². The maximum atomic E-state index is 13.7. The largest absolute Gasteiger partial charge is 0.350 e. The van der Waals surface area contributed by atoms with Gasteiger partial charge in [-0.05, 0) is 54.8 Å². The minimum Gasteiger partial charge on any atom is -0.350 e. The first-order valence-electron chi connectivity index (χ1n) is 9.79. The van der Waals surface area contributed by atoms with Crippen molar-refractivity contribution in [3.05, 3.63) is 101 Å². The minimum absolute atomic E-state index is 0.133. The summed E-state index contributed by atoms with van der Waals surface area (Å²) in [6.45, 7) is 3.99. The van der Waals surface area contributed by atoms with Crippen LogP contribution in [-0.4, -0.2) is 11.8 Å². The van der Waals surface area contributed by atoms with E-state index in [1.807, 2.05) is 50.2 Å². The van der Waals surface area contributed by atoms with Gasteiger partial charge in [-0.15, -0.1) is 0 Å². The van der Waals surface area contributed by atoms with Crippen LogP contribution >= 0.6 is 0 Å². The van der Waals surface area contributed by atoms with Gasteiger partial charge in [-0.3, -0.25) is 9.59 Å². The van der Waals surface area contributed by atoms with Gasteiger partial charge in [0.25, 0.3) is 11.8 Å². The first kappa shape index (κ1) is 19.6. The Kier molecular flexibility index (Phi) is 5.19. The Bertz CT molecular complexity index is 1150. The van der Waals surface area contributed by atoms with Crippen LogP contribution in [-0.2, 0) is 16.0 Å². The topological polar surface area (TPSA) is 49.4 Å². The zero-order chi connectivity index (χ0) is 21.3. The molecule has 1 aliphatic rings. The van der Waals surface area contributed by atoms with E-state index in [0.717, 1.165) is 22.4 Å². The van der Waals surface area contributed by atoms with E-state index >= 15 is 0 Å². The first-order chi connectivity index (χ1) is 14.5. The van der Waals surface area contributed by atoms with Crippen LogP contribution in [0.25, 0.3) is 5.57 Å². The Morgan fingerprint density at radius 1 is 0.900 bits per heavy atom. The van der Waals surface area contributed by atoms with E-state index in [2.05, 4.69) is 5.32 Å². The minimum atomic E-state index is -0.468. The number of benzene rings is 3. The Hall–Kier alpha value is -3.73. The van der Waals surface area contributed by atoms with Gasteiger partial charge in [-0.1, -0.05) is 55.0 Å². The quantitative estimate of drug-likeness (QED) is 0.607. The molecule has 1 aliphatic heterocycles. The van der Waals surface area contributed by atoms with Gasteiger partial charge >= 0.3 is 0 Å². The number of hydrogen-bond acceptors (Lipinski definition) is 3. The van der Waals surface area contributed by atoms with E-state index in [9.17, 15) is 14.0 Å². The molecule has 0 bridgehead atoms. The van der Waals surface area contributed by atoms with Gasteiger partial charge in [-0.2, -0.15) is 0 Å². The van der Waals surface area contributed by atoms with Crippen molar-refractivity contribution >= 4 is 28.8 Å². The third-order valence-corrected chi connectivity index (χ3v) is 5.12. The molecule has 150 valence electrons. The van der Waals surface area contributed by atoms with Crippen molar-refractivity contribution in [2.75, 3.05) is 10.2 Å². The maximum Gasteiger partial charge on any atom is 0.282 e. The second kappa shape index (κ2) is 7.95. The van der Waals surface area contributed by atoms with Crippen molar-refractivity contribution in [2.24, 2.45) is 0 Å². The van der Waals surface area contributed by atoms with Crippen LogP contribution in [0.2, 0.25) is 0 Å². The molecule has 0 aliphatic carbocycles. The van der Waals surface area contributed by atoms with Crippen molar-refractivity contribution in [3.8, 4) is 0 Å². The summed E-state index contributed by atoms with van der Waals surface area (Å²) in [6, 6.07) is 20.6. The lowest BCUT2D eigenvalue weighted by atomic mass is 10.0. The number of nitrogens with zero attached hydrogens (tertiary/aromatic N) is 1. The molecule has 4 rings (SSSR count). The molecule has 1 heterocycles. The van der Waals surface area contributed by atoms with Crippen molar-refractivity contribution in [1.82, 2.24) is 0 Å². The lowest BCUT2D eigenvalue weighted by molar-refractivity contribution is -0.120. The molecule has 0 atom stereocenters. The summed E-state index contributed by atoms with van der Waals surface area (Å²) in [4.78, 5) is 27.8. The molecule has 0 unspecified atom stereocenters. The van der Waals surface area contributed by atoms with Gasteiger partial charge in [0, 0.05) is 5.69 Å². The Morgan fingerprint density at radius 3 is 2.23 bits per heavy atom. The molecule has 5 heteroatoms. The van der Waals surface area contributed by atoms with E-state index in [0.29, 0.717) is 16.9 Å². The van der Waals surface area contributed by atoms with E-state index in [-0.39, 0.29) is 11.3 Å². The number of halogens is 1. The van der Waals surface area contributed by atoms with Crippen molar-refractivity contribution < 1.29 is 14.0 Å². The molecule has 2 amide bonds. The SMILES string of the molecule is CCc1ccc(N2C(=O)C(Nc3cccc(F)c3)=C(c3ccc(C)cc3)C2=O)cc1. The molecule has 0 radical (unpaired) electrons. The van der Waals surface area contributed by atoms with Crippen LogP contribution < -0.4 is 10.2 Å². The number of carbonyl (C=O) groups is 2. The molecule has 3 aromatic carbocycles. The lowest BCUT2D eigenvalue weighted by Gasteiger charge is -2.16. The number of anilines is 2. The van der Waals surface area contributed by atoms with Gasteiger partial charge in [0.15, 0.2) is 0 Å². The summed E-state index contributed by atoms with van der Waals surface area (Å²) in [5.41, 5.74) is 4.09. The summed E-state index contributed by atoms with van der Waals surface area (Å²) in [5.74, 6) is -1.31. The zero-order valence-electron chi connectivity index (χ0n) is 16.8. The molecule has 4 nitrogen and oxygen atoms in total. The average Bonchev–Trinajstić information content (AvgIpc) is 2.98. The molecule has 0 aromatic heterocycles. The zero-order valence-corrected chi connectivity index (χ0v) is 16.8. The molecule has 0 saturated carbocycles. The first-order valence-corrected chi connectivity index (χ1v) is 9.79. The second-order valence-electron chi connectivity index (χ2n) is 7.22. The summed E-state index contributed by atoms with van der Waals surface area (Å²) in [6.07, 6.45) is 0.863.